The van der Waals surface area contributed by atoms with Crippen LogP contribution in [0.2, 0.25) is 0 Å². The fraction of sp³-hybridized carbons (Fsp3) is 0.636. The molecule has 19 heavy (non-hydrogen) atoms. The largest absolute Gasteiger partial charge is 0.349 e. The van der Waals surface area contributed by atoms with Crippen molar-refractivity contribution in [1.82, 2.24) is 10.3 Å². The molecule has 1 aromatic rings. The first-order chi connectivity index (χ1) is 8.73. The smallest absolute Gasteiger partial charge is 0.263 e. The number of nitrogens with one attached hydrogen (secondary N) is 2. The van der Waals surface area contributed by atoms with Crippen LogP contribution in [0.25, 0.3) is 0 Å². The summed E-state index contributed by atoms with van der Waals surface area (Å²) in [6.07, 6.45) is 2.94. The van der Waals surface area contributed by atoms with Crippen LogP contribution in [0.4, 0.5) is 5.13 Å². The molecule has 0 radical (unpaired) electrons. The highest BCUT2D eigenvalue weighted by Gasteiger charge is 2.18. The van der Waals surface area contributed by atoms with Gasteiger partial charge in [-0.15, -0.1) is 0 Å². The van der Waals surface area contributed by atoms with E-state index in [0.29, 0.717) is 10.6 Å². The highest BCUT2D eigenvalue weighted by atomic mass is 32.2. The molecule has 0 aliphatic heterocycles. The quantitative estimate of drug-likeness (QED) is 0.838. The highest BCUT2D eigenvalue weighted by Crippen LogP contribution is 2.23. The standard InChI is InChI=1S/C11H19N3O3S2/c1-5-6-7(2)12-10(15)9-8(3)13-11(18-9)14-19(4,16)17/h7H,5-6H2,1-4H3,(H,12,15)(H,13,14). The number of hydrogen-bond acceptors (Lipinski definition) is 5. The van der Waals surface area contributed by atoms with Crippen molar-refractivity contribution in [3.8, 4) is 0 Å². The maximum absolute atomic E-state index is 12.0. The molecule has 0 saturated heterocycles. The lowest BCUT2D eigenvalue weighted by atomic mass is 10.2. The zero-order chi connectivity index (χ0) is 14.6. The van der Waals surface area contributed by atoms with Crippen LogP contribution in [0, 0.1) is 6.92 Å². The fourth-order valence-electron chi connectivity index (χ4n) is 1.60. The Kier molecular flexibility index (Phi) is 5.30. The molecule has 108 valence electrons. The summed E-state index contributed by atoms with van der Waals surface area (Å²) >= 11 is 1.04. The number of aromatic nitrogens is 1. The molecule has 1 aromatic heterocycles. The molecular formula is C11H19N3O3S2. The molecule has 1 unspecified atom stereocenters. The number of nitrogens with zero attached hydrogens (tertiary/aromatic N) is 1. The first-order valence-corrected chi connectivity index (χ1v) is 8.69. The average molecular weight is 305 g/mol. The maximum atomic E-state index is 12.0. The van der Waals surface area contributed by atoms with E-state index in [1.165, 1.54) is 0 Å². The van der Waals surface area contributed by atoms with Gasteiger partial charge >= 0.3 is 0 Å². The molecule has 8 heteroatoms. The molecule has 0 aliphatic rings. The lowest BCUT2D eigenvalue weighted by Crippen LogP contribution is -2.32. The van der Waals surface area contributed by atoms with Crippen LogP contribution < -0.4 is 10.0 Å². The molecule has 0 saturated carbocycles. The summed E-state index contributed by atoms with van der Waals surface area (Å²) in [6, 6.07) is 0.0883. The lowest BCUT2D eigenvalue weighted by molar-refractivity contribution is 0.0941. The summed E-state index contributed by atoms with van der Waals surface area (Å²) in [5.74, 6) is -0.211. The van der Waals surface area contributed by atoms with Crippen LogP contribution >= 0.6 is 11.3 Å². The van der Waals surface area contributed by atoms with Gasteiger partial charge < -0.3 is 5.32 Å². The lowest BCUT2D eigenvalue weighted by Gasteiger charge is -2.11. The van der Waals surface area contributed by atoms with Gasteiger partial charge in [0.2, 0.25) is 10.0 Å². The molecule has 1 rings (SSSR count). The number of hydrogen-bond donors (Lipinski definition) is 2. The summed E-state index contributed by atoms with van der Waals surface area (Å²) in [7, 11) is -3.37. The first kappa shape index (κ1) is 15.9. The Morgan fingerprint density at radius 2 is 2.11 bits per heavy atom. The Morgan fingerprint density at radius 1 is 1.47 bits per heavy atom. The molecular weight excluding hydrogens is 286 g/mol. The van der Waals surface area contributed by atoms with E-state index in [2.05, 4.69) is 21.9 Å². The fourth-order valence-corrected chi connectivity index (χ4v) is 3.31. The molecule has 0 spiro atoms. The average Bonchev–Trinajstić information content (AvgIpc) is 2.56. The van der Waals surface area contributed by atoms with Gasteiger partial charge in [0, 0.05) is 6.04 Å². The summed E-state index contributed by atoms with van der Waals surface area (Å²) in [6.45, 7) is 5.67. The van der Waals surface area contributed by atoms with Gasteiger partial charge in [0.15, 0.2) is 5.13 Å². The van der Waals surface area contributed by atoms with Crippen LogP contribution in [-0.4, -0.2) is 31.6 Å². The van der Waals surface area contributed by atoms with Crippen LogP contribution in [-0.2, 0) is 10.0 Å². The van der Waals surface area contributed by atoms with Gasteiger partial charge in [-0.3, -0.25) is 9.52 Å². The van der Waals surface area contributed by atoms with Gasteiger partial charge in [0.25, 0.3) is 5.91 Å². The minimum Gasteiger partial charge on any atom is -0.349 e. The Bertz CT molecular complexity index is 552. The number of rotatable bonds is 6. The second-order valence-electron chi connectivity index (χ2n) is 4.47. The first-order valence-electron chi connectivity index (χ1n) is 5.99. The number of amides is 1. The maximum Gasteiger partial charge on any atom is 0.263 e. The highest BCUT2D eigenvalue weighted by molar-refractivity contribution is 7.92. The summed E-state index contributed by atoms with van der Waals surface area (Å²) in [5, 5.41) is 3.08. The number of aryl methyl sites for hydroxylation is 1. The predicted molar refractivity (Wildman–Crippen MR) is 77.2 cm³/mol. The third kappa shape index (κ3) is 5.15. The van der Waals surface area contributed by atoms with Gasteiger partial charge in [-0.2, -0.15) is 0 Å². The van der Waals surface area contributed by atoms with Gasteiger partial charge in [-0.1, -0.05) is 24.7 Å². The van der Waals surface area contributed by atoms with Crippen molar-refractivity contribution in [1.29, 1.82) is 0 Å². The monoisotopic (exact) mass is 305 g/mol. The topological polar surface area (TPSA) is 88.2 Å². The van der Waals surface area contributed by atoms with Crippen LogP contribution in [0.15, 0.2) is 0 Å². The van der Waals surface area contributed by atoms with Crippen molar-refractivity contribution in [3.05, 3.63) is 10.6 Å². The zero-order valence-electron chi connectivity index (χ0n) is 11.5. The summed E-state index contributed by atoms with van der Waals surface area (Å²) in [5.41, 5.74) is 0.525. The third-order valence-corrected chi connectivity index (χ3v) is 4.14. The van der Waals surface area contributed by atoms with Gasteiger partial charge in [-0.05, 0) is 20.3 Å². The van der Waals surface area contributed by atoms with E-state index >= 15 is 0 Å². The number of thiazole rings is 1. The van der Waals surface area contributed by atoms with E-state index in [0.717, 1.165) is 30.4 Å². The third-order valence-electron chi connectivity index (χ3n) is 2.37. The minimum absolute atomic E-state index is 0.0883. The second-order valence-corrected chi connectivity index (χ2v) is 7.22. The van der Waals surface area contributed by atoms with E-state index < -0.39 is 10.0 Å². The zero-order valence-corrected chi connectivity index (χ0v) is 13.1. The van der Waals surface area contributed by atoms with Crippen molar-refractivity contribution < 1.29 is 13.2 Å². The van der Waals surface area contributed by atoms with E-state index in [-0.39, 0.29) is 17.1 Å². The molecule has 0 aromatic carbocycles. The van der Waals surface area contributed by atoms with E-state index in [9.17, 15) is 13.2 Å². The van der Waals surface area contributed by atoms with Crippen molar-refractivity contribution in [2.24, 2.45) is 0 Å². The van der Waals surface area contributed by atoms with Gasteiger partial charge in [0.05, 0.1) is 11.9 Å². The van der Waals surface area contributed by atoms with E-state index in [4.69, 9.17) is 0 Å². The molecule has 1 heterocycles. The Hall–Kier alpha value is -1.15. The summed E-state index contributed by atoms with van der Waals surface area (Å²) in [4.78, 5) is 16.5. The van der Waals surface area contributed by atoms with E-state index in [1.54, 1.807) is 6.92 Å². The van der Waals surface area contributed by atoms with Crippen LogP contribution in [0.3, 0.4) is 0 Å². The van der Waals surface area contributed by atoms with Crippen molar-refractivity contribution in [3.63, 3.8) is 0 Å². The SMILES string of the molecule is CCCC(C)NC(=O)c1sc(NS(C)(=O)=O)nc1C. The Balaban J connectivity index is 2.81. The van der Waals surface area contributed by atoms with E-state index in [1.807, 2.05) is 6.92 Å². The number of carbonyl (C=O) groups excluding carboxylic acids is 1. The van der Waals surface area contributed by atoms with Crippen molar-refractivity contribution >= 4 is 32.4 Å². The Morgan fingerprint density at radius 3 is 2.63 bits per heavy atom. The minimum atomic E-state index is -3.37. The molecule has 2 N–H and O–H groups in total. The molecule has 0 aliphatic carbocycles. The number of carbonyl (C=O) groups is 1. The van der Waals surface area contributed by atoms with Gasteiger partial charge in [0.1, 0.15) is 4.88 Å². The number of sulfonamides is 1. The molecule has 0 fully saturated rings. The van der Waals surface area contributed by atoms with Crippen LogP contribution in [0.1, 0.15) is 42.1 Å². The second kappa shape index (κ2) is 6.33. The normalized spacial score (nSPS) is 13.1. The van der Waals surface area contributed by atoms with Crippen LogP contribution in [0.5, 0.6) is 0 Å². The summed E-state index contributed by atoms with van der Waals surface area (Å²) < 4.78 is 24.5. The van der Waals surface area contributed by atoms with Gasteiger partial charge in [-0.25, -0.2) is 13.4 Å². The predicted octanol–water partition coefficient (Wildman–Crippen LogP) is 1.74. The number of anilines is 1. The van der Waals surface area contributed by atoms with Crippen molar-refractivity contribution in [2.45, 2.75) is 39.7 Å². The van der Waals surface area contributed by atoms with Crippen molar-refractivity contribution in [2.75, 3.05) is 11.0 Å². The Labute approximate surface area is 117 Å². The molecule has 6 nitrogen and oxygen atoms in total. The molecule has 1 atom stereocenters. The molecule has 0 bridgehead atoms. The molecule has 1 amide bonds.